The van der Waals surface area contributed by atoms with Crippen LogP contribution in [0.4, 0.5) is 5.00 Å². The average molecular weight is 286 g/mol. The van der Waals surface area contributed by atoms with Crippen LogP contribution in [0.25, 0.3) is 0 Å². The fourth-order valence-electron chi connectivity index (χ4n) is 1.34. The van der Waals surface area contributed by atoms with Crippen molar-refractivity contribution in [3.05, 3.63) is 40.5 Å². The molecule has 0 unspecified atom stereocenters. The average Bonchev–Trinajstić information content (AvgIpc) is 2.79. The number of benzene rings is 1. The van der Waals surface area contributed by atoms with E-state index in [9.17, 15) is 0 Å². The van der Waals surface area contributed by atoms with Crippen molar-refractivity contribution in [2.75, 3.05) is 12.4 Å². The Morgan fingerprint density at radius 2 is 2.06 bits per heavy atom. The number of rotatable bonds is 5. The Morgan fingerprint density at radius 3 is 2.76 bits per heavy atom. The first-order chi connectivity index (χ1) is 8.29. The van der Waals surface area contributed by atoms with Crippen LogP contribution in [0.3, 0.4) is 0 Å². The molecule has 90 valence electrons. The molecule has 0 atom stereocenters. The van der Waals surface area contributed by atoms with Crippen molar-refractivity contribution >= 4 is 39.9 Å². The highest BCUT2D eigenvalue weighted by Crippen LogP contribution is 2.24. The van der Waals surface area contributed by atoms with E-state index in [1.807, 2.05) is 43.1 Å². The van der Waals surface area contributed by atoms with E-state index in [-0.39, 0.29) is 0 Å². The quantitative estimate of drug-likeness (QED) is 0.910. The van der Waals surface area contributed by atoms with Crippen molar-refractivity contribution < 1.29 is 0 Å². The normalized spacial score (nSPS) is 10.5. The molecule has 17 heavy (non-hydrogen) atoms. The maximum Gasteiger partial charge on any atom is 0.133 e. The molecule has 1 heterocycles. The third-order valence-corrected chi connectivity index (χ3v) is 4.26. The first-order valence-corrected chi connectivity index (χ1v) is 7.41. The van der Waals surface area contributed by atoms with Gasteiger partial charge >= 0.3 is 0 Å². The summed E-state index contributed by atoms with van der Waals surface area (Å²) in [6.45, 7) is 0. The standard InChI is InChI=1S/C11H12ClN3S2/c1-13-11-10(14-15-17-11)7-16-6-8-2-4-9(12)5-3-8/h2-5,13H,6-7H2,1H3. The predicted molar refractivity (Wildman–Crippen MR) is 75.9 cm³/mol. The zero-order chi connectivity index (χ0) is 12.1. The maximum absolute atomic E-state index is 5.83. The van der Waals surface area contributed by atoms with E-state index in [4.69, 9.17) is 11.6 Å². The van der Waals surface area contributed by atoms with Crippen LogP contribution in [0.1, 0.15) is 11.3 Å². The molecule has 0 amide bonds. The highest BCUT2D eigenvalue weighted by molar-refractivity contribution is 7.97. The van der Waals surface area contributed by atoms with Crippen LogP contribution in [0.2, 0.25) is 5.02 Å². The maximum atomic E-state index is 5.83. The molecule has 0 radical (unpaired) electrons. The van der Waals surface area contributed by atoms with Crippen LogP contribution >= 0.6 is 34.9 Å². The minimum absolute atomic E-state index is 0.778. The van der Waals surface area contributed by atoms with Crippen molar-refractivity contribution in [2.45, 2.75) is 11.5 Å². The lowest BCUT2D eigenvalue weighted by molar-refractivity contribution is 1.07. The first-order valence-electron chi connectivity index (χ1n) is 5.11. The molecule has 1 aromatic heterocycles. The zero-order valence-corrected chi connectivity index (χ0v) is 11.7. The molecule has 0 saturated heterocycles. The molecule has 2 rings (SSSR count). The van der Waals surface area contributed by atoms with Crippen molar-refractivity contribution in [1.82, 2.24) is 9.59 Å². The Balaban J connectivity index is 1.85. The minimum Gasteiger partial charge on any atom is -0.377 e. The number of aromatic nitrogens is 2. The van der Waals surface area contributed by atoms with E-state index in [0.29, 0.717) is 0 Å². The van der Waals surface area contributed by atoms with Gasteiger partial charge in [-0.25, -0.2) is 0 Å². The lowest BCUT2D eigenvalue weighted by Gasteiger charge is -2.02. The number of nitrogens with one attached hydrogen (secondary N) is 1. The molecule has 0 bridgehead atoms. The summed E-state index contributed by atoms with van der Waals surface area (Å²) in [6.07, 6.45) is 0. The topological polar surface area (TPSA) is 37.8 Å². The van der Waals surface area contributed by atoms with E-state index in [1.54, 1.807) is 0 Å². The largest absolute Gasteiger partial charge is 0.377 e. The summed E-state index contributed by atoms with van der Waals surface area (Å²) in [7, 11) is 1.89. The molecule has 1 aromatic carbocycles. The molecule has 0 aliphatic heterocycles. The van der Waals surface area contributed by atoms with Gasteiger partial charge in [0.1, 0.15) is 10.7 Å². The second kappa shape index (κ2) is 6.23. The molecule has 3 nitrogen and oxygen atoms in total. The van der Waals surface area contributed by atoms with Gasteiger partial charge in [-0.2, -0.15) is 11.8 Å². The minimum atomic E-state index is 0.778. The van der Waals surface area contributed by atoms with Gasteiger partial charge in [-0.05, 0) is 17.7 Å². The number of thioether (sulfide) groups is 1. The Bertz CT molecular complexity index is 470. The van der Waals surface area contributed by atoms with E-state index in [2.05, 4.69) is 14.9 Å². The zero-order valence-electron chi connectivity index (χ0n) is 9.31. The lowest BCUT2D eigenvalue weighted by Crippen LogP contribution is -1.91. The Hall–Kier alpha value is -0.780. The van der Waals surface area contributed by atoms with Crippen LogP contribution in [0.5, 0.6) is 0 Å². The Morgan fingerprint density at radius 1 is 1.29 bits per heavy atom. The monoisotopic (exact) mass is 285 g/mol. The predicted octanol–water partition coefficient (Wildman–Crippen LogP) is 3.67. The molecule has 0 spiro atoms. The number of anilines is 1. The third-order valence-electron chi connectivity index (χ3n) is 2.20. The number of hydrogen-bond donors (Lipinski definition) is 1. The summed E-state index contributed by atoms with van der Waals surface area (Å²) >= 11 is 9.05. The molecular formula is C11H12ClN3S2. The fourth-order valence-corrected chi connectivity index (χ4v) is 3.01. The molecule has 6 heteroatoms. The van der Waals surface area contributed by atoms with Crippen molar-refractivity contribution in [3.63, 3.8) is 0 Å². The van der Waals surface area contributed by atoms with Crippen LogP contribution in [-0.2, 0) is 11.5 Å². The van der Waals surface area contributed by atoms with Gasteiger partial charge in [0.25, 0.3) is 0 Å². The highest BCUT2D eigenvalue weighted by atomic mass is 35.5. The first kappa shape index (κ1) is 12.7. The summed E-state index contributed by atoms with van der Waals surface area (Å²) in [6, 6.07) is 7.93. The number of hydrogen-bond acceptors (Lipinski definition) is 5. The van der Waals surface area contributed by atoms with Gasteiger partial charge in [-0.1, -0.05) is 28.2 Å². The summed E-state index contributed by atoms with van der Waals surface area (Å²) in [5.74, 6) is 1.83. The van der Waals surface area contributed by atoms with Crippen LogP contribution in [0, 0.1) is 0 Å². The number of halogens is 1. The van der Waals surface area contributed by atoms with Gasteiger partial charge in [-0.3, -0.25) is 0 Å². The van der Waals surface area contributed by atoms with Gasteiger partial charge in [0.15, 0.2) is 0 Å². The van der Waals surface area contributed by atoms with Crippen molar-refractivity contribution in [3.8, 4) is 0 Å². The third kappa shape index (κ3) is 3.59. The molecule has 2 aromatic rings. The van der Waals surface area contributed by atoms with Gasteiger partial charge in [0, 0.05) is 35.1 Å². The van der Waals surface area contributed by atoms with E-state index in [1.165, 1.54) is 17.1 Å². The van der Waals surface area contributed by atoms with Crippen LogP contribution < -0.4 is 5.32 Å². The van der Waals surface area contributed by atoms with Crippen LogP contribution in [0.15, 0.2) is 24.3 Å². The van der Waals surface area contributed by atoms with Crippen molar-refractivity contribution in [2.24, 2.45) is 0 Å². The number of nitrogens with zero attached hydrogens (tertiary/aromatic N) is 2. The second-order valence-corrected chi connectivity index (χ2v) is 5.59. The van der Waals surface area contributed by atoms with Crippen molar-refractivity contribution in [1.29, 1.82) is 0 Å². The summed E-state index contributed by atoms with van der Waals surface area (Å²) in [5.41, 5.74) is 2.30. The molecule has 0 aliphatic carbocycles. The lowest BCUT2D eigenvalue weighted by atomic mass is 10.2. The van der Waals surface area contributed by atoms with Gasteiger partial charge in [0.05, 0.1) is 0 Å². The smallest absolute Gasteiger partial charge is 0.133 e. The highest BCUT2D eigenvalue weighted by Gasteiger charge is 2.05. The Labute approximate surface area is 114 Å². The molecule has 0 aliphatic rings. The summed E-state index contributed by atoms with van der Waals surface area (Å²) < 4.78 is 3.93. The summed E-state index contributed by atoms with van der Waals surface area (Å²) in [4.78, 5) is 0. The SMILES string of the molecule is CNc1snnc1CSCc1ccc(Cl)cc1. The van der Waals surface area contributed by atoms with E-state index < -0.39 is 0 Å². The van der Waals surface area contributed by atoms with Gasteiger partial charge in [-0.15, -0.1) is 5.10 Å². The molecule has 0 fully saturated rings. The second-order valence-electron chi connectivity index (χ2n) is 3.42. The molecule has 1 N–H and O–H groups in total. The molecule has 0 saturated carbocycles. The Kier molecular flexibility index (Phi) is 4.65. The van der Waals surface area contributed by atoms with E-state index in [0.717, 1.165) is 27.2 Å². The summed E-state index contributed by atoms with van der Waals surface area (Å²) in [5, 5.41) is 9.02. The fraction of sp³-hybridized carbons (Fsp3) is 0.273. The molecular weight excluding hydrogens is 274 g/mol. The van der Waals surface area contributed by atoms with Crippen LogP contribution in [-0.4, -0.2) is 16.6 Å². The van der Waals surface area contributed by atoms with E-state index >= 15 is 0 Å². The van der Waals surface area contributed by atoms with Gasteiger partial charge < -0.3 is 5.32 Å². The van der Waals surface area contributed by atoms with Gasteiger partial charge in [0.2, 0.25) is 0 Å².